The van der Waals surface area contributed by atoms with Crippen LogP contribution in [0.2, 0.25) is 0 Å². The van der Waals surface area contributed by atoms with E-state index >= 15 is 0 Å². The van der Waals surface area contributed by atoms with Crippen molar-refractivity contribution in [2.75, 3.05) is 0 Å². The average Bonchev–Trinajstić information content (AvgIpc) is 3.10. The van der Waals surface area contributed by atoms with E-state index in [0.717, 1.165) is 44.9 Å². The summed E-state index contributed by atoms with van der Waals surface area (Å²) in [4.78, 5) is 24.6. The molecule has 2 saturated heterocycles. The van der Waals surface area contributed by atoms with Crippen molar-refractivity contribution in [3.05, 3.63) is 0 Å². The van der Waals surface area contributed by atoms with Crippen molar-refractivity contribution >= 4 is 12.0 Å². The second kappa shape index (κ2) is 4.44. The molecule has 3 rings (SSSR count). The molecule has 5 heteroatoms. The van der Waals surface area contributed by atoms with Gasteiger partial charge in [0.1, 0.15) is 0 Å². The molecule has 2 unspecified atom stereocenters. The molecule has 0 aromatic carbocycles. The first kappa shape index (κ1) is 11.8. The molecule has 2 N–H and O–H groups in total. The first-order chi connectivity index (χ1) is 8.65. The Hall–Kier alpha value is -1.26. The van der Waals surface area contributed by atoms with Gasteiger partial charge in [0.25, 0.3) is 0 Å². The maximum atomic E-state index is 11.8. The predicted molar refractivity (Wildman–Crippen MR) is 65.2 cm³/mol. The molecule has 2 atom stereocenters. The summed E-state index contributed by atoms with van der Waals surface area (Å²) in [5.74, 6) is 0.421. The van der Waals surface area contributed by atoms with E-state index in [4.69, 9.17) is 0 Å². The summed E-state index contributed by atoms with van der Waals surface area (Å²) in [6.45, 7) is 0. The third kappa shape index (κ3) is 2.18. The highest BCUT2D eigenvalue weighted by Gasteiger charge is 2.42. The van der Waals surface area contributed by atoms with Crippen LogP contribution in [0.4, 0.5) is 4.79 Å². The van der Waals surface area contributed by atoms with Gasteiger partial charge in [-0.15, -0.1) is 0 Å². The molecule has 3 aliphatic rings. The fourth-order valence-corrected chi connectivity index (χ4v) is 3.48. The number of fused-ring (bicyclic) bond motifs is 2. The highest BCUT2D eigenvalue weighted by molar-refractivity contribution is 5.81. The molecule has 1 aliphatic carbocycles. The van der Waals surface area contributed by atoms with Crippen LogP contribution >= 0.6 is 0 Å². The topological polar surface area (TPSA) is 69.6 Å². The molecule has 1 saturated carbocycles. The molecule has 100 valence electrons. The molecule has 0 aromatic rings. The minimum absolute atomic E-state index is 0.111. The molecule has 2 amide bonds. The molecule has 2 heterocycles. The third-order valence-electron chi connectivity index (χ3n) is 4.49. The summed E-state index contributed by atoms with van der Waals surface area (Å²) in [6, 6.07) is 0.406. The van der Waals surface area contributed by atoms with E-state index in [2.05, 4.69) is 5.32 Å². The Morgan fingerprint density at radius 3 is 2.17 bits per heavy atom. The summed E-state index contributed by atoms with van der Waals surface area (Å²) in [5, 5.41) is 12.4. The zero-order valence-corrected chi connectivity index (χ0v) is 10.5. The van der Waals surface area contributed by atoms with Crippen molar-refractivity contribution in [1.82, 2.24) is 10.2 Å². The standard InChI is InChI=1S/C13H20N2O3/c16-12(8-4-5-8)14-9-6-10-2-1-3-11(7-9)15(10)13(17)18/h8-11H,1-7H2,(H,14,16)(H,17,18). The van der Waals surface area contributed by atoms with Gasteiger partial charge in [0.2, 0.25) is 5.91 Å². The zero-order valence-electron chi connectivity index (χ0n) is 10.5. The fraction of sp³-hybridized carbons (Fsp3) is 0.846. The summed E-state index contributed by atoms with van der Waals surface area (Å²) >= 11 is 0. The van der Waals surface area contributed by atoms with Crippen LogP contribution in [0, 0.1) is 5.92 Å². The highest BCUT2D eigenvalue weighted by Crippen LogP contribution is 2.35. The lowest BCUT2D eigenvalue weighted by atomic mass is 9.82. The summed E-state index contributed by atoms with van der Waals surface area (Å²) in [7, 11) is 0. The predicted octanol–water partition coefficient (Wildman–Crippen LogP) is 1.58. The van der Waals surface area contributed by atoms with Crippen molar-refractivity contribution in [3.63, 3.8) is 0 Å². The number of rotatable bonds is 2. The smallest absolute Gasteiger partial charge is 0.407 e. The SMILES string of the molecule is O=C(NC1CC2CCCC(C1)N2C(=O)O)C1CC1. The van der Waals surface area contributed by atoms with Crippen molar-refractivity contribution in [2.45, 2.75) is 63.1 Å². The zero-order chi connectivity index (χ0) is 12.7. The van der Waals surface area contributed by atoms with E-state index in [-0.39, 0.29) is 30.0 Å². The van der Waals surface area contributed by atoms with E-state index in [9.17, 15) is 14.7 Å². The number of carboxylic acid groups (broad SMARTS) is 1. The van der Waals surface area contributed by atoms with E-state index in [0.29, 0.717) is 0 Å². The van der Waals surface area contributed by atoms with E-state index in [1.807, 2.05) is 0 Å². The van der Waals surface area contributed by atoms with Crippen LogP contribution in [-0.4, -0.2) is 40.1 Å². The number of hydrogen-bond donors (Lipinski definition) is 2. The first-order valence-electron chi connectivity index (χ1n) is 6.97. The number of nitrogens with one attached hydrogen (secondary N) is 1. The first-order valence-corrected chi connectivity index (χ1v) is 6.97. The van der Waals surface area contributed by atoms with Crippen LogP contribution in [0.1, 0.15) is 44.9 Å². The van der Waals surface area contributed by atoms with E-state index in [1.54, 1.807) is 4.90 Å². The van der Waals surface area contributed by atoms with Gasteiger partial charge in [0.05, 0.1) is 0 Å². The maximum absolute atomic E-state index is 11.8. The van der Waals surface area contributed by atoms with Gasteiger partial charge < -0.3 is 15.3 Å². The normalized spacial score (nSPS) is 35.1. The Labute approximate surface area is 107 Å². The summed E-state index contributed by atoms with van der Waals surface area (Å²) in [6.07, 6.45) is 5.83. The van der Waals surface area contributed by atoms with Gasteiger partial charge in [0.15, 0.2) is 0 Å². The monoisotopic (exact) mass is 252 g/mol. The Morgan fingerprint density at radius 1 is 1.06 bits per heavy atom. The van der Waals surface area contributed by atoms with Crippen LogP contribution in [-0.2, 0) is 4.79 Å². The van der Waals surface area contributed by atoms with Gasteiger partial charge in [-0.25, -0.2) is 4.79 Å². The van der Waals surface area contributed by atoms with Gasteiger partial charge in [-0.3, -0.25) is 4.79 Å². The summed E-state index contributed by atoms with van der Waals surface area (Å²) < 4.78 is 0. The lowest BCUT2D eigenvalue weighted by molar-refractivity contribution is -0.123. The molecule has 2 bridgehead atoms. The average molecular weight is 252 g/mol. The maximum Gasteiger partial charge on any atom is 0.407 e. The van der Waals surface area contributed by atoms with Gasteiger partial charge in [0, 0.05) is 24.0 Å². The number of nitrogens with zero attached hydrogens (tertiary/aromatic N) is 1. The fourth-order valence-electron chi connectivity index (χ4n) is 3.48. The minimum atomic E-state index is -0.795. The van der Waals surface area contributed by atoms with Crippen LogP contribution in [0.15, 0.2) is 0 Å². The number of amides is 2. The quantitative estimate of drug-likeness (QED) is 0.784. The lowest BCUT2D eigenvalue weighted by Crippen LogP contribution is -2.58. The largest absolute Gasteiger partial charge is 0.465 e. The molecular weight excluding hydrogens is 232 g/mol. The Morgan fingerprint density at radius 2 is 1.67 bits per heavy atom. The highest BCUT2D eigenvalue weighted by atomic mass is 16.4. The lowest BCUT2D eigenvalue weighted by Gasteiger charge is -2.47. The second-order valence-electron chi connectivity index (χ2n) is 5.88. The van der Waals surface area contributed by atoms with Gasteiger partial charge in [-0.2, -0.15) is 0 Å². The van der Waals surface area contributed by atoms with Gasteiger partial charge >= 0.3 is 6.09 Å². The van der Waals surface area contributed by atoms with Crippen molar-refractivity contribution in [3.8, 4) is 0 Å². The van der Waals surface area contributed by atoms with Crippen LogP contribution in [0.3, 0.4) is 0 Å². The van der Waals surface area contributed by atoms with Gasteiger partial charge in [-0.05, 0) is 44.9 Å². The van der Waals surface area contributed by atoms with E-state index < -0.39 is 6.09 Å². The van der Waals surface area contributed by atoms with Crippen molar-refractivity contribution in [1.29, 1.82) is 0 Å². The van der Waals surface area contributed by atoms with Crippen LogP contribution in [0.25, 0.3) is 0 Å². The Kier molecular flexibility index (Phi) is 2.92. The van der Waals surface area contributed by atoms with Crippen molar-refractivity contribution < 1.29 is 14.7 Å². The Bertz CT molecular complexity index is 353. The number of carbonyl (C=O) groups is 2. The summed E-state index contributed by atoms with van der Waals surface area (Å²) in [5.41, 5.74) is 0. The van der Waals surface area contributed by atoms with E-state index in [1.165, 1.54) is 0 Å². The third-order valence-corrected chi connectivity index (χ3v) is 4.49. The molecule has 0 radical (unpaired) electrons. The number of carbonyl (C=O) groups excluding carboxylic acids is 1. The minimum Gasteiger partial charge on any atom is -0.465 e. The van der Waals surface area contributed by atoms with Crippen molar-refractivity contribution in [2.24, 2.45) is 5.92 Å². The molecule has 18 heavy (non-hydrogen) atoms. The number of piperidine rings is 2. The van der Waals surface area contributed by atoms with Crippen LogP contribution < -0.4 is 5.32 Å². The molecule has 2 aliphatic heterocycles. The van der Waals surface area contributed by atoms with Gasteiger partial charge in [-0.1, -0.05) is 0 Å². The van der Waals surface area contributed by atoms with Crippen LogP contribution in [0.5, 0.6) is 0 Å². The molecule has 0 spiro atoms. The Balaban J connectivity index is 1.63. The molecule has 5 nitrogen and oxygen atoms in total. The number of hydrogen-bond acceptors (Lipinski definition) is 2. The molecule has 3 fully saturated rings. The molecule has 0 aromatic heterocycles. The molecular formula is C13H20N2O3. The second-order valence-corrected chi connectivity index (χ2v) is 5.88.